The van der Waals surface area contributed by atoms with Crippen LogP contribution in [0.3, 0.4) is 0 Å². The van der Waals surface area contributed by atoms with Gasteiger partial charge in [0.05, 0.1) is 0 Å². The van der Waals surface area contributed by atoms with Crippen molar-refractivity contribution >= 4 is 5.82 Å². The molecule has 0 spiro atoms. The van der Waals surface area contributed by atoms with Crippen molar-refractivity contribution < 1.29 is 4.74 Å². The minimum atomic E-state index is 0.382. The van der Waals surface area contributed by atoms with E-state index in [1.165, 1.54) is 5.56 Å². The van der Waals surface area contributed by atoms with Crippen LogP contribution in [0.2, 0.25) is 0 Å². The number of aryl methyl sites for hydroxylation is 2. The molecule has 21 heavy (non-hydrogen) atoms. The Balaban J connectivity index is 2.09. The van der Waals surface area contributed by atoms with Gasteiger partial charge in [0.1, 0.15) is 18.2 Å². The molecule has 0 aliphatic heterocycles. The molecule has 1 heterocycles. The molecule has 2 aromatic rings. The van der Waals surface area contributed by atoms with E-state index in [0.29, 0.717) is 12.4 Å². The largest absolute Gasteiger partial charge is 0.485 e. The fraction of sp³-hybridized carbons (Fsp3) is 0.412. The second kappa shape index (κ2) is 7.07. The summed E-state index contributed by atoms with van der Waals surface area (Å²) >= 11 is 0. The first kappa shape index (κ1) is 15.3. The predicted octanol–water partition coefficient (Wildman–Crippen LogP) is 3.80. The fourth-order valence-corrected chi connectivity index (χ4v) is 2.06. The summed E-state index contributed by atoms with van der Waals surface area (Å²) in [6.45, 7) is 9.54. The zero-order chi connectivity index (χ0) is 15.2. The normalized spacial score (nSPS) is 10.5. The number of ether oxygens (including phenoxy) is 1. The molecule has 0 unspecified atom stereocenters. The van der Waals surface area contributed by atoms with Gasteiger partial charge in [0.2, 0.25) is 0 Å². The summed E-state index contributed by atoms with van der Waals surface area (Å²) < 4.78 is 5.87. The van der Waals surface area contributed by atoms with Crippen molar-refractivity contribution in [2.24, 2.45) is 0 Å². The number of hydrogen-bond acceptors (Lipinski definition) is 4. The molecule has 0 aliphatic rings. The third kappa shape index (κ3) is 4.18. The van der Waals surface area contributed by atoms with Gasteiger partial charge in [-0.1, -0.05) is 19.1 Å². The first-order valence-electron chi connectivity index (χ1n) is 7.37. The molecule has 4 heteroatoms. The molecule has 0 aliphatic carbocycles. The summed E-state index contributed by atoms with van der Waals surface area (Å²) in [5.74, 6) is 2.46. The summed E-state index contributed by atoms with van der Waals surface area (Å²) in [7, 11) is 0. The Morgan fingerprint density at radius 1 is 1.14 bits per heavy atom. The van der Waals surface area contributed by atoms with Gasteiger partial charge >= 0.3 is 0 Å². The topological polar surface area (TPSA) is 47.0 Å². The third-order valence-electron chi connectivity index (χ3n) is 3.37. The van der Waals surface area contributed by atoms with E-state index in [-0.39, 0.29) is 0 Å². The van der Waals surface area contributed by atoms with Crippen LogP contribution in [-0.4, -0.2) is 16.5 Å². The van der Waals surface area contributed by atoms with Crippen molar-refractivity contribution in [2.75, 3.05) is 11.9 Å². The van der Waals surface area contributed by atoms with Gasteiger partial charge in [0.25, 0.3) is 0 Å². The highest BCUT2D eigenvalue weighted by molar-refractivity contribution is 5.38. The summed E-state index contributed by atoms with van der Waals surface area (Å²) in [5, 5.41) is 3.29. The quantitative estimate of drug-likeness (QED) is 0.877. The minimum absolute atomic E-state index is 0.382. The number of rotatable bonds is 6. The highest BCUT2D eigenvalue weighted by Crippen LogP contribution is 2.21. The Kier molecular flexibility index (Phi) is 5.14. The predicted molar refractivity (Wildman–Crippen MR) is 85.8 cm³/mol. The van der Waals surface area contributed by atoms with Crippen LogP contribution in [0.4, 0.5) is 5.82 Å². The Morgan fingerprint density at radius 2 is 1.95 bits per heavy atom. The molecule has 1 aromatic heterocycles. The van der Waals surface area contributed by atoms with E-state index in [0.717, 1.165) is 35.8 Å². The van der Waals surface area contributed by atoms with Gasteiger partial charge in [-0.25, -0.2) is 9.97 Å². The molecule has 0 radical (unpaired) electrons. The zero-order valence-corrected chi connectivity index (χ0v) is 13.2. The number of aromatic nitrogens is 2. The summed E-state index contributed by atoms with van der Waals surface area (Å²) in [6, 6.07) is 8.02. The van der Waals surface area contributed by atoms with E-state index in [1.54, 1.807) is 0 Å². The molecular formula is C17H23N3O. The lowest BCUT2D eigenvalue weighted by Crippen LogP contribution is -2.08. The first-order chi connectivity index (χ1) is 10.1. The van der Waals surface area contributed by atoms with E-state index >= 15 is 0 Å². The van der Waals surface area contributed by atoms with Crippen LogP contribution in [0.5, 0.6) is 5.75 Å². The molecule has 112 valence electrons. The second-order valence-electron chi connectivity index (χ2n) is 5.22. The monoisotopic (exact) mass is 285 g/mol. The smallest absolute Gasteiger partial charge is 0.168 e. The molecule has 0 bridgehead atoms. The molecule has 0 saturated carbocycles. The Hall–Kier alpha value is -2.10. The Labute approximate surface area is 126 Å². The molecule has 2 rings (SSSR count). The molecule has 0 atom stereocenters. The lowest BCUT2D eigenvalue weighted by molar-refractivity contribution is 0.293. The van der Waals surface area contributed by atoms with Gasteiger partial charge in [-0.3, -0.25) is 0 Å². The van der Waals surface area contributed by atoms with Crippen LogP contribution < -0.4 is 10.1 Å². The maximum absolute atomic E-state index is 5.87. The van der Waals surface area contributed by atoms with E-state index in [1.807, 2.05) is 25.1 Å². The van der Waals surface area contributed by atoms with Crippen LogP contribution in [-0.2, 0) is 6.61 Å². The third-order valence-corrected chi connectivity index (χ3v) is 3.37. The summed E-state index contributed by atoms with van der Waals surface area (Å²) in [4.78, 5) is 8.92. The fourth-order valence-electron chi connectivity index (χ4n) is 2.06. The Morgan fingerprint density at radius 3 is 2.71 bits per heavy atom. The molecule has 0 saturated heterocycles. The van der Waals surface area contributed by atoms with Crippen LogP contribution in [0.1, 0.15) is 36.0 Å². The summed E-state index contributed by atoms with van der Waals surface area (Å²) in [5.41, 5.74) is 3.33. The van der Waals surface area contributed by atoms with Crippen LogP contribution in [0.25, 0.3) is 0 Å². The number of anilines is 1. The van der Waals surface area contributed by atoms with Gasteiger partial charge in [0.15, 0.2) is 5.82 Å². The van der Waals surface area contributed by atoms with Crippen molar-refractivity contribution in [1.29, 1.82) is 0 Å². The average Bonchev–Trinajstić information content (AvgIpc) is 2.46. The van der Waals surface area contributed by atoms with Crippen molar-refractivity contribution in [3.8, 4) is 5.75 Å². The van der Waals surface area contributed by atoms with Crippen LogP contribution >= 0.6 is 0 Å². The van der Waals surface area contributed by atoms with E-state index in [9.17, 15) is 0 Å². The van der Waals surface area contributed by atoms with E-state index in [4.69, 9.17) is 4.74 Å². The molecule has 1 aromatic carbocycles. The number of hydrogen-bond donors (Lipinski definition) is 1. The Bertz CT molecular complexity index is 611. The van der Waals surface area contributed by atoms with Gasteiger partial charge in [-0.05, 0) is 44.4 Å². The van der Waals surface area contributed by atoms with Gasteiger partial charge < -0.3 is 10.1 Å². The van der Waals surface area contributed by atoms with Gasteiger partial charge in [0, 0.05) is 18.3 Å². The number of nitrogens with zero attached hydrogens (tertiary/aromatic N) is 2. The van der Waals surface area contributed by atoms with Crippen molar-refractivity contribution in [3.05, 3.63) is 46.9 Å². The average molecular weight is 285 g/mol. The zero-order valence-electron chi connectivity index (χ0n) is 13.2. The van der Waals surface area contributed by atoms with E-state index < -0.39 is 0 Å². The highest BCUT2D eigenvalue weighted by Gasteiger charge is 2.06. The molecular weight excluding hydrogens is 262 g/mol. The van der Waals surface area contributed by atoms with Crippen molar-refractivity contribution in [2.45, 2.75) is 40.7 Å². The number of nitrogens with one attached hydrogen (secondary N) is 1. The maximum atomic E-state index is 5.87. The molecule has 4 nitrogen and oxygen atoms in total. The van der Waals surface area contributed by atoms with Crippen molar-refractivity contribution in [1.82, 2.24) is 9.97 Å². The standard InChI is InChI=1S/C17H23N3O/c1-5-9-18-16-10-13(3)19-17(20-16)11-21-15-8-6-7-12(2)14(15)4/h6-8,10H,5,9,11H2,1-4H3,(H,18,19,20). The van der Waals surface area contributed by atoms with Crippen LogP contribution in [0, 0.1) is 20.8 Å². The van der Waals surface area contributed by atoms with E-state index in [2.05, 4.69) is 42.1 Å². The number of benzene rings is 1. The minimum Gasteiger partial charge on any atom is -0.485 e. The highest BCUT2D eigenvalue weighted by atomic mass is 16.5. The van der Waals surface area contributed by atoms with Gasteiger partial charge in [-0.2, -0.15) is 0 Å². The lowest BCUT2D eigenvalue weighted by Gasteiger charge is -2.11. The van der Waals surface area contributed by atoms with Gasteiger partial charge in [-0.15, -0.1) is 0 Å². The maximum Gasteiger partial charge on any atom is 0.168 e. The molecule has 1 N–H and O–H groups in total. The van der Waals surface area contributed by atoms with Crippen molar-refractivity contribution in [3.63, 3.8) is 0 Å². The second-order valence-corrected chi connectivity index (χ2v) is 5.22. The molecule has 0 amide bonds. The lowest BCUT2D eigenvalue weighted by atomic mass is 10.1. The molecule has 0 fully saturated rings. The summed E-state index contributed by atoms with van der Waals surface area (Å²) in [6.07, 6.45) is 1.07. The SMILES string of the molecule is CCCNc1cc(C)nc(COc2cccc(C)c2C)n1. The first-order valence-corrected chi connectivity index (χ1v) is 7.37. The van der Waals surface area contributed by atoms with Crippen LogP contribution in [0.15, 0.2) is 24.3 Å².